The SMILES string of the molecule is CC(=O)N1CCN(c2noc3cc(-n4ccc(=O)[nH]c4=O)ccc23)CC1. The Morgan fingerprint density at radius 3 is 2.62 bits per heavy atom. The first-order valence-electron chi connectivity index (χ1n) is 8.25. The number of aromatic nitrogens is 3. The fourth-order valence-corrected chi connectivity index (χ4v) is 3.14. The summed E-state index contributed by atoms with van der Waals surface area (Å²) in [5.41, 5.74) is 0.156. The van der Waals surface area contributed by atoms with E-state index >= 15 is 0 Å². The van der Waals surface area contributed by atoms with Crippen molar-refractivity contribution < 1.29 is 9.32 Å². The Balaban J connectivity index is 1.65. The molecule has 1 aromatic carbocycles. The topological polar surface area (TPSA) is 104 Å². The summed E-state index contributed by atoms with van der Waals surface area (Å²) in [5.74, 6) is 0.800. The summed E-state index contributed by atoms with van der Waals surface area (Å²) in [6, 6.07) is 6.60. The zero-order valence-electron chi connectivity index (χ0n) is 14.1. The van der Waals surface area contributed by atoms with E-state index in [9.17, 15) is 14.4 Å². The van der Waals surface area contributed by atoms with E-state index in [2.05, 4.69) is 15.0 Å². The van der Waals surface area contributed by atoms with Gasteiger partial charge in [0.05, 0.1) is 11.1 Å². The molecule has 4 rings (SSSR count). The predicted molar refractivity (Wildman–Crippen MR) is 94.7 cm³/mol. The number of H-pyrrole nitrogens is 1. The minimum atomic E-state index is -0.517. The molecule has 1 saturated heterocycles. The normalized spacial score (nSPS) is 14.8. The van der Waals surface area contributed by atoms with Gasteiger partial charge in [0.25, 0.3) is 5.56 Å². The Hall–Kier alpha value is -3.36. The maximum Gasteiger partial charge on any atom is 0.332 e. The molecule has 0 radical (unpaired) electrons. The van der Waals surface area contributed by atoms with Crippen LogP contribution in [-0.4, -0.2) is 51.7 Å². The molecule has 1 N–H and O–H groups in total. The van der Waals surface area contributed by atoms with Crippen molar-refractivity contribution >= 4 is 22.7 Å². The van der Waals surface area contributed by atoms with Crippen molar-refractivity contribution in [1.29, 1.82) is 0 Å². The van der Waals surface area contributed by atoms with Crippen LogP contribution in [0.15, 0.2) is 44.6 Å². The van der Waals surface area contributed by atoms with Crippen molar-refractivity contribution in [1.82, 2.24) is 19.6 Å². The van der Waals surface area contributed by atoms with Gasteiger partial charge in [-0.1, -0.05) is 5.16 Å². The first kappa shape index (κ1) is 16.1. The molecule has 1 aliphatic rings. The van der Waals surface area contributed by atoms with Crippen molar-refractivity contribution in [3.8, 4) is 5.69 Å². The van der Waals surface area contributed by atoms with Crippen molar-refractivity contribution in [2.24, 2.45) is 0 Å². The zero-order valence-corrected chi connectivity index (χ0v) is 14.1. The van der Waals surface area contributed by atoms with E-state index in [1.807, 2.05) is 6.07 Å². The fourth-order valence-electron chi connectivity index (χ4n) is 3.14. The highest BCUT2D eigenvalue weighted by atomic mass is 16.5. The molecule has 0 saturated carbocycles. The Bertz CT molecular complexity index is 1090. The largest absolute Gasteiger partial charge is 0.354 e. The number of nitrogens with one attached hydrogen (secondary N) is 1. The molecule has 0 unspecified atom stereocenters. The molecule has 9 heteroatoms. The number of anilines is 1. The quantitative estimate of drug-likeness (QED) is 0.711. The lowest BCUT2D eigenvalue weighted by atomic mass is 10.2. The number of hydrogen-bond donors (Lipinski definition) is 1. The number of piperazine rings is 1. The van der Waals surface area contributed by atoms with Gasteiger partial charge in [0.2, 0.25) is 5.91 Å². The molecule has 0 aliphatic carbocycles. The molecule has 1 amide bonds. The maximum absolute atomic E-state index is 11.9. The van der Waals surface area contributed by atoms with E-state index in [1.54, 1.807) is 24.0 Å². The van der Waals surface area contributed by atoms with Crippen LogP contribution in [0, 0.1) is 0 Å². The van der Waals surface area contributed by atoms with E-state index < -0.39 is 11.2 Å². The number of rotatable bonds is 2. The van der Waals surface area contributed by atoms with Gasteiger partial charge in [-0.2, -0.15) is 0 Å². The third-order valence-electron chi connectivity index (χ3n) is 4.56. The van der Waals surface area contributed by atoms with Crippen LogP contribution in [0.4, 0.5) is 5.82 Å². The number of nitrogens with zero attached hydrogens (tertiary/aromatic N) is 4. The summed E-state index contributed by atoms with van der Waals surface area (Å²) in [7, 11) is 0. The van der Waals surface area contributed by atoms with Crippen LogP contribution in [0.2, 0.25) is 0 Å². The van der Waals surface area contributed by atoms with Crippen molar-refractivity contribution in [2.75, 3.05) is 31.1 Å². The second-order valence-corrected chi connectivity index (χ2v) is 6.16. The highest BCUT2D eigenvalue weighted by Crippen LogP contribution is 2.28. The minimum Gasteiger partial charge on any atom is -0.354 e. The molecule has 0 atom stereocenters. The van der Waals surface area contributed by atoms with Crippen LogP contribution in [0.1, 0.15) is 6.92 Å². The number of carbonyl (C=O) groups is 1. The van der Waals surface area contributed by atoms with Gasteiger partial charge in [-0.15, -0.1) is 0 Å². The lowest BCUT2D eigenvalue weighted by Crippen LogP contribution is -2.48. The average molecular weight is 355 g/mol. The Kier molecular flexibility index (Phi) is 3.83. The van der Waals surface area contributed by atoms with E-state index in [-0.39, 0.29) is 5.91 Å². The first-order valence-corrected chi connectivity index (χ1v) is 8.25. The van der Waals surface area contributed by atoms with Gasteiger partial charge in [-0.3, -0.25) is 19.1 Å². The minimum absolute atomic E-state index is 0.0747. The van der Waals surface area contributed by atoms with E-state index in [1.165, 1.54) is 16.8 Å². The van der Waals surface area contributed by atoms with Crippen molar-refractivity contribution in [3.05, 3.63) is 51.3 Å². The highest BCUT2D eigenvalue weighted by Gasteiger charge is 2.22. The summed E-state index contributed by atoms with van der Waals surface area (Å²) in [6.07, 6.45) is 1.42. The Morgan fingerprint density at radius 1 is 1.15 bits per heavy atom. The second-order valence-electron chi connectivity index (χ2n) is 6.16. The molecule has 26 heavy (non-hydrogen) atoms. The molecule has 0 spiro atoms. The van der Waals surface area contributed by atoms with E-state index in [4.69, 9.17) is 4.52 Å². The van der Waals surface area contributed by atoms with Crippen LogP contribution in [-0.2, 0) is 4.79 Å². The Morgan fingerprint density at radius 2 is 1.92 bits per heavy atom. The van der Waals surface area contributed by atoms with Crippen LogP contribution in [0.3, 0.4) is 0 Å². The van der Waals surface area contributed by atoms with E-state index in [0.29, 0.717) is 37.4 Å². The average Bonchev–Trinajstić information content (AvgIpc) is 3.05. The van der Waals surface area contributed by atoms with Crippen LogP contribution in [0.25, 0.3) is 16.7 Å². The summed E-state index contributed by atoms with van der Waals surface area (Å²) in [4.78, 5) is 40.7. The molecular formula is C17H17N5O4. The molecule has 1 aliphatic heterocycles. The molecule has 0 bridgehead atoms. The van der Waals surface area contributed by atoms with Crippen LogP contribution >= 0.6 is 0 Å². The number of benzene rings is 1. The number of carbonyl (C=O) groups excluding carboxylic acids is 1. The Labute approximate surface area is 147 Å². The number of fused-ring (bicyclic) bond motifs is 1. The van der Waals surface area contributed by atoms with Gasteiger partial charge in [-0.05, 0) is 12.1 Å². The standard InChI is InChI=1S/C17H17N5O4/c1-11(23)20-6-8-21(9-7-20)16-13-3-2-12(10-14(13)26-19-16)22-5-4-15(24)18-17(22)25/h2-5,10H,6-9H2,1H3,(H,18,24,25). The van der Waals surface area contributed by atoms with Crippen LogP contribution in [0.5, 0.6) is 0 Å². The van der Waals surface area contributed by atoms with Gasteiger partial charge >= 0.3 is 5.69 Å². The molecule has 9 nitrogen and oxygen atoms in total. The van der Waals surface area contributed by atoms with Gasteiger partial charge in [0, 0.05) is 51.4 Å². The maximum atomic E-state index is 11.9. The van der Waals surface area contributed by atoms with Gasteiger partial charge in [-0.25, -0.2) is 4.79 Å². The lowest BCUT2D eigenvalue weighted by Gasteiger charge is -2.34. The molecule has 3 aromatic rings. The summed E-state index contributed by atoms with van der Waals surface area (Å²) in [6.45, 7) is 4.23. The summed E-state index contributed by atoms with van der Waals surface area (Å²) < 4.78 is 6.77. The van der Waals surface area contributed by atoms with Crippen molar-refractivity contribution in [3.63, 3.8) is 0 Å². The first-order chi connectivity index (χ1) is 12.5. The number of aromatic amines is 1. The number of hydrogen-bond acceptors (Lipinski definition) is 6. The number of amides is 1. The predicted octanol–water partition coefficient (Wildman–Crippen LogP) is 0.335. The smallest absolute Gasteiger partial charge is 0.332 e. The molecular weight excluding hydrogens is 338 g/mol. The molecule has 3 heterocycles. The molecule has 2 aromatic heterocycles. The van der Waals surface area contributed by atoms with E-state index in [0.717, 1.165) is 11.2 Å². The third kappa shape index (κ3) is 2.77. The van der Waals surface area contributed by atoms with Crippen molar-refractivity contribution in [2.45, 2.75) is 6.92 Å². The third-order valence-corrected chi connectivity index (χ3v) is 4.56. The summed E-state index contributed by atoms with van der Waals surface area (Å²) >= 11 is 0. The monoisotopic (exact) mass is 355 g/mol. The van der Waals surface area contributed by atoms with Gasteiger partial charge in [0.1, 0.15) is 0 Å². The fraction of sp³-hybridized carbons (Fsp3) is 0.294. The second kappa shape index (κ2) is 6.17. The lowest BCUT2D eigenvalue weighted by molar-refractivity contribution is -0.129. The summed E-state index contributed by atoms with van der Waals surface area (Å²) in [5, 5.41) is 5.00. The van der Waals surface area contributed by atoms with Crippen LogP contribution < -0.4 is 16.1 Å². The van der Waals surface area contributed by atoms with Gasteiger partial charge in [0.15, 0.2) is 11.4 Å². The zero-order chi connectivity index (χ0) is 18.3. The molecule has 1 fully saturated rings. The molecule has 134 valence electrons. The highest BCUT2D eigenvalue weighted by molar-refractivity contribution is 5.90. The van der Waals surface area contributed by atoms with Gasteiger partial charge < -0.3 is 14.3 Å².